The van der Waals surface area contributed by atoms with Gasteiger partial charge in [0, 0.05) is 12.5 Å². The molecule has 4 nitrogen and oxygen atoms in total. The van der Waals surface area contributed by atoms with E-state index in [-0.39, 0.29) is 10.6 Å². The summed E-state index contributed by atoms with van der Waals surface area (Å²) in [7, 11) is -6.42. The van der Waals surface area contributed by atoms with Crippen molar-refractivity contribution in [1.82, 2.24) is 0 Å². The third kappa shape index (κ3) is 4.42. The highest BCUT2D eigenvalue weighted by molar-refractivity contribution is 7.90. The number of aryl methyl sites for hydroxylation is 2. The second kappa shape index (κ2) is 6.09. The van der Waals surface area contributed by atoms with Crippen LogP contribution in [0.1, 0.15) is 16.7 Å². The van der Waals surface area contributed by atoms with E-state index in [1.54, 1.807) is 24.3 Å². The molecule has 0 aliphatic heterocycles. The Bertz CT molecular complexity index is 956. The normalized spacial score (nSPS) is 12.3. The molecule has 0 aliphatic rings. The number of benzene rings is 2. The third-order valence-electron chi connectivity index (χ3n) is 3.66. The Balaban J connectivity index is 2.64. The van der Waals surface area contributed by atoms with Gasteiger partial charge >= 0.3 is 0 Å². The molecule has 0 bridgehead atoms. The predicted octanol–water partition coefficient (Wildman–Crippen LogP) is 2.92. The van der Waals surface area contributed by atoms with Crippen LogP contribution >= 0.6 is 0 Å². The standard InChI is InChI=1S/C17H20O4S2/c1-12-5-7-14(11-22(3,18)19)9-16(12)17-10-15(23(4,20)21)8-6-13(17)2/h5-10H,11H2,1-4H3. The molecule has 0 spiro atoms. The second-order valence-electron chi connectivity index (χ2n) is 5.97. The van der Waals surface area contributed by atoms with E-state index in [0.717, 1.165) is 22.3 Å². The zero-order valence-corrected chi connectivity index (χ0v) is 15.3. The van der Waals surface area contributed by atoms with Crippen molar-refractivity contribution in [1.29, 1.82) is 0 Å². The van der Waals surface area contributed by atoms with Crippen LogP contribution < -0.4 is 0 Å². The third-order valence-corrected chi connectivity index (χ3v) is 5.63. The first-order valence-corrected chi connectivity index (χ1v) is 11.0. The summed E-state index contributed by atoms with van der Waals surface area (Å²) < 4.78 is 46.6. The fourth-order valence-electron chi connectivity index (χ4n) is 2.47. The molecule has 0 saturated heterocycles. The van der Waals surface area contributed by atoms with Crippen molar-refractivity contribution in [2.24, 2.45) is 0 Å². The highest BCUT2D eigenvalue weighted by Gasteiger charge is 2.13. The van der Waals surface area contributed by atoms with Crippen LogP contribution in [0.2, 0.25) is 0 Å². The van der Waals surface area contributed by atoms with Gasteiger partial charge in [0.2, 0.25) is 0 Å². The van der Waals surface area contributed by atoms with E-state index in [2.05, 4.69) is 0 Å². The Morgan fingerprint density at radius 2 is 1.30 bits per heavy atom. The molecule has 2 rings (SSSR count). The second-order valence-corrected chi connectivity index (χ2v) is 10.1. The lowest BCUT2D eigenvalue weighted by Crippen LogP contribution is -2.02. The summed E-state index contributed by atoms with van der Waals surface area (Å²) in [6.45, 7) is 3.83. The molecule has 0 aromatic heterocycles. The van der Waals surface area contributed by atoms with Crippen molar-refractivity contribution in [3.63, 3.8) is 0 Å². The molecule has 0 fully saturated rings. The van der Waals surface area contributed by atoms with Crippen LogP contribution in [0.3, 0.4) is 0 Å². The Morgan fingerprint density at radius 3 is 1.83 bits per heavy atom. The Hall–Kier alpha value is -1.66. The van der Waals surface area contributed by atoms with Crippen LogP contribution in [0.15, 0.2) is 41.3 Å². The van der Waals surface area contributed by atoms with Gasteiger partial charge in [0.15, 0.2) is 19.7 Å². The maximum Gasteiger partial charge on any atom is 0.175 e. The minimum atomic E-state index is -3.30. The highest BCUT2D eigenvalue weighted by atomic mass is 32.2. The smallest absolute Gasteiger partial charge is 0.175 e. The molecule has 124 valence electrons. The summed E-state index contributed by atoms with van der Waals surface area (Å²) in [4.78, 5) is 0.256. The topological polar surface area (TPSA) is 68.3 Å². The molecule has 0 amide bonds. The van der Waals surface area contributed by atoms with Gasteiger partial charge in [-0.2, -0.15) is 0 Å². The maximum atomic E-state index is 11.8. The number of sulfone groups is 2. The van der Waals surface area contributed by atoms with Crippen molar-refractivity contribution in [3.05, 3.63) is 53.1 Å². The van der Waals surface area contributed by atoms with Crippen LogP contribution in [0.4, 0.5) is 0 Å². The molecule has 0 atom stereocenters. The first-order valence-electron chi connectivity index (χ1n) is 7.06. The molecular weight excluding hydrogens is 332 g/mol. The Labute approximate surface area is 138 Å². The van der Waals surface area contributed by atoms with Gasteiger partial charge in [-0.15, -0.1) is 0 Å². The lowest BCUT2D eigenvalue weighted by molar-refractivity contribution is 0.599. The number of hydrogen-bond donors (Lipinski definition) is 0. The van der Waals surface area contributed by atoms with Crippen molar-refractivity contribution >= 4 is 19.7 Å². The van der Waals surface area contributed by atoms with Crippen LogP contribution in [0.25, 0.3) is 11.1 Å². The van der Waals surface area contributed by atoms with Gasteiger partial charge in [-0.05, 0) is 59.9 Å². The van der Waals surface area contributed by atoms with Crippen molar-refractivity contribution in [2.75, 3.05) is 12.5 Å². The fourth-order valence-corrected chi connectivity index (χ4v) is 3.91. The quantitative estimate of drug-likeness (QED) is 0.848. The van der Waals surface area contributed by atoms with Gasteiger partial charge in [0.05, 0.1) is 10.6 Å². The van der Waals surface area contributed by atoms with Crippen molar-refractivity contribution in [3.8, 4) is 11.1 Å². The summed E-state index contributed by atoms with van der Waals surface area (Å²) in [5, 5.41) is 0. The van der Waals surface area contributed by atoms with E-state index < -0.39 is 19.7 Å². The zero-order chi connectivity index (χ0) is 17.4. The van der Waals surface area contributed by atoms with E-state index in [1.165, 1.54) is 12.5 Å². The van der Waals surface area contributed by atoms with Gasteiger partial charge < -0.3 is 0 Å². The maximum absolute atomic E-state index is 11.8. The van der Waals surface area contributed by atoms with E-state index in [0.29, 0.717) is 5.56 Å². The fraction of sp³-hybridized carbons (Fsp3) is 0.294. The van der Waals surface area contributed by atoms with Crippen molar-refractivity contribution in [2.45, 2.75) is 24.5 Å². The summed E-state index contributed by atoms with van der Waals surface area (Å²) >= 11 is 0. The summed E-state index contributed by atoms with van der Waals surface area (Å²) in [5.41, 5.74) is 4.26. The summed E-state index contributed by atoms with van der Waals surface area (Å²) in [6, 6.07) is 10.5. The van der Waals surface area contributed by atoms with Crippen LogP contribution in [-0.4, -0.2) is 29.3 Å². The summed E-state index contributed by atoms with van der Waals surface area (Å²) in [6.07, 6.45) is 2.37. The molecule has 0 saturated carbocycles. The molecule has 2 aromatic rings. The molecule has 0 heterocycles. The molecule has 0 unspecified atom stereocenters. The van der Waals surface area contributed by atoms with Gasteiger partial charge in [0.1, 0.15) is 0 Å². The van der Waals surface area contributed by atoms with E-state index in [4.69, 9.17) is 0 Å². The van der Waals surface area contributed by atoms with E-state index in [9.17, 15) is 16.8 Å². The first-order chi connectivity index (χ1) is 10.5. The van der Waals surface area contributed by atoms with Gasteiger partial charge in [0.25, 0.3) is 0 Å². The average molecular weight is 352 g/mol. The zero-order valence-electron chi connectivity index (χ0n) is 13.6. The molecule has 2 aromatic carbocycles. The minimum Gasteiger partial charge on any atom is -0.229 e. The molecule has 0 radical (unpaired) electrons. The highest BCUT2D eigenvalue weighted by Crippen LogP contribution is 2.30. The van der Waals surface area contributed by atoms with Gasteiger partial charge in [-0.25, -0.2) is 16.8 Å². The minimum absolute atomic E-state index is 0.0366. The SMILES string of the molecule is Cc1ccc(CS(C)(=O)=O)cc1-c1cc(S(C)(=O)=O)ccc1C. The lowest BCUT2D eigenvalue weighted by atomic mass is 9.95. The number of hydrogen-bond acceptors (Lipinski definition) is 4. The van der Waals surface area contributed by atoms with E-state index in [1.807, 2.05) is 26.0 Å². The van der Waals surface area contributed by atoms with Crippen LogP contribution in [0.5, 0.6) is 0 Å². The van der Waals surface area contributed by atoms with Gasteiger partial charge in [-0.1, -0.05) is 18.2 Å². The predicted molar refractivity (Wildman–Crippen MR) is 93.0 cm³/mol. The summed E-state index contributed by atoms with van der Waals surface area (Å²) in [5.74, 6) is -0.0366. The largest absolute Gasteiger partial charge is 0.229 e. The van der Waals surface area contributed by atoms with Gasteiger partial charge in [-0.3, -0.25) is 0 Å². The van der Waals surface area contributed by atoms with Crippen LogP contribution in [-0.2, 0) is 25.4 Å². The molecular formula is C17H20O4S2. The first kappa shape index (κ1) is 17.7. The Morgan fingerprint density at radius 1 is 0.783 bits per heavy atom. The monoisotopic (exact) mass is 352 g/mol. The molecule has 6 heteroatoms. The van der Waals surface area contributed by atoms with Crippen LogP contribution in [0, 0.1) is 13.8 Å². The molecule has 0 aliphatic carbocycles. The van der Waals surface area contributed by atoms with E-state index >= 15 is 0 Å². The Kier molecular flexibility index (Phi) is 4.69. The van der Waals surface area contributed by atoms with Crippen molar-refractivity contribution < 1.29 is 16.8 Å². The lowest BCUT2D eigenvalue weighted by Gasteiger charge is -2.13. The molecule has 23 heavy (non-hydrogen) atoms. The molecule has 0 N–H and O–H groups in total. The average Bonchev–Trinajstić information content (AvgIpc) is 2.39. The number of rotatable bonds is 4.